The minimum absolute atomic E-state index is 0.0415. The number of nitro benzene ring substituents is 1. The first-order chi connectivity index (χ1) is 20.2. The van der Waals surface area contributed by atoms with Gasteiger partial charge in [0.15, 0.2) is 0 Å². The molecular weight excluding hydrogens is 565 g/mol. The van der Waals surface area contributed by atoms with Gasteiger partial charge in [0.2, 0.25) is 0 Å². The van der Waals surface area contributed by atoms with Crippen molar-refractivity contribution in [1.82, 2.24) is 4.90 Å². The molecule has 0 spiro atoms. The van der Waals surface area contributed by atoms with Gasteiger partial charge in [-0.2, -0.15) is 0 Å². The van der Waals surface area contributed by atoms with Crippen LogP contribution in [0.25, 0.3) is 0 Å². The molecule has 0 aromatic heterocycles. The number of anilines is 3. The van der Waals surface area contributed by atoms with Crippen LogP contribution in [0.15, 0.2) is 54.6 Å². The summed E-state index contributed by atoms with van der Waals surface area (Å²) in [5.41, 5.74) is 1.06. The number of rotatable bonds is 8. The lowest BCUT2D eigenvalue weighted by Gasteiger charge is -2.30. The van der Waals surface area contributed by atoms with Crippen molar-refractivity contribution in [2.45, 2.75) is 31.8 Å². The molecule has 2 saturated heterocycles. The molecule has 0 aliphatic carbocycles. The van der Waals surface area contributed by atoms with E-state index in [1.165, 1.54) is 18.2 Å². The summed E-state index contributed by atoms with van der Waals surface area (Å²) in [6.45, 7) is 3.66. The maximum Gasteiger partial charge on any atom is 0.271 e. The van der Waals surface area contributed by atoms with Crippen molar-refractivity contribution in [3.63, 3.8) is 0 Å². The summed E-state index contributed by atoms with van der Waals surface area (Å²) >= 11 is 6.12. The van der Waals surface area contributed by atoms with E-state index in [1.54, 1.807) is 6.07 Å². The van der Waals surface area contributed by atoms with Crippen LogP contribution in [-0.2, 0) is 0 Å². The Morgan fingerprint density at radius 1 is 0.929 bits per heavy atom. The highest BCUT2D eigenvalue weighted by Crippen LogP contribution is 2.32. The predicted octanol–water partition coefficient (Wildman–Crippen LogP) is 5.97. The smallest absolute Gasteiger partial charge is 0.271 e. The van der Waals surface area contributed by atoms with E-state index >= 15 is 0 Å². The average Bonchev–Trinajstić information content (AvgIpc) is 3.51. The molecule has 0 bridgehead atoms. The SMILES string of the molecule is CN1CCC(Oc2cc(N3CCCC3)ccc2C(=O)Nc2ccc(F)cc2C(=O)Nc2ccc([N+](=O)[O-])cc2Cl)CC1. The van der Waals surface area contributed by atoms with Crippen molar-refractivity contribution >= 4 is 46.2 Å². The Kier molecular flexibility index (Phi) is 8.89. The van der Waals surface area contributed by atoms with Crippen LogP contribution < -0.4 is 20.3 Å². The maximum atomic E-state index is 14.3. The lowest BCUT2D eigenvalue weighted by molar-refractivity contribution is -0.384. The topological polar surface area (TPSA) is 117 Å². The highest BCUT2D eigenvalue weighted by atomic mass is 35.5. The number of non-ortho nitro benzene ring substituents is 1. The molecule has 220 valence electrons. The summed E-state index contributed by atoms with van der Waals surface area (Å²) in [5.74, 6) is -1.50. The second kappa shape index (κ2) is 12.7. The molecule has 2 aliphatic rings. The molecule has 2 N–H and O–H groups in total. The number of nitrogens with zero attached hydrogens (tertiary/aromatic N) is 3. The van der Waals surface area contributed by atoms with Gasteiger partial charge in [0, 0.05) is 50.1 Å². The number of likely N-dealkylation sites (tertiary alicyclic amines) is 1. The van der Waals surface area contributed by atoms with Gasteiger partial charge in [0.05, 0.1) is 32.4 Å². The van der Waals surface area contributed by atoms with Crippen molar-refractivity contribution in [2.75, 3.05) is 48.8 Å². The Hall–Kier alpha value is -4.22. The minimum Gasteiger partial charge on any atom is -0.489 e. The van der Waals surface area contributed by atoms with Crippen LogP contribution in [0.2, 0.25) is 5.02 Å². The first kappa shape index (κ1) is 29.3. The van der Waals surface area contributed by atoms with Crippen LogP contribution in [0.4, 0.5) is 27.1 Å². The molecule has 3 aromatic rings. The van der Waals surface area contributed by atoms with Crippen molar-refractivity contribution < 1.29 is 23.6 Å². The van der Waals surface area contributed by atoms with Gasteiger partial charge >= 0.3 is 0 Å². The standard InChI is InChI=1S/C30H31ClFN5O5/c1-35-14-10-22(11-15-35)42-28-18-20(36-12-2-3-13-36)5-7-23(28)29(38)33-26-8-4-19(32)16-24(26)30(39)34-27-9-6-21(37(40)41)17-25(27)31/h4-9,16-18,22H,2-3,10-15H2,1H3,(H,33,38)(H,34,39). The molecule has 42 heavy (non-hydrogen) atoms. The molecule has 2 aliphatic heterocycles. The number of nitrogens with one attached hydrogen (secondary N) is 2. The van der Waals surface area contributed by atoms with Gasteiger partial charge in [0.1, 0.15) is 17.7 Å². The second-order valence-corrected chi connectivity index (χ2v) is 10.9. The monoisotopic (exact) mass is 595 g/mol. The number of halogens is 2. The number of amides is 2. The van der Waals surface area contributed by atoms with E-state index in [1.807, 2.05) is 12.1 Å². The maximum absolute atomic E-state index is 14.3. The third kappa shape index (κ3) is 6.80. The summed E-state index contributed by atoms with van der Waals surface area (Å²) in [4.78, 5) is 41.7. The van der Waals surface area contributed by atoms with Gasteiger partial charge < -0.3 is 25.2 Å². The molecule has 3 aromatic carbocycles. The second-order valence-electron chi connectivity index (χ2n) is 10.5. The van der Waals surface area contributed by atoms with E-state index < -0.39 is 22.6 Å². The number of nitro groups is 1. The lowest BCUT2D eigenvalue weighted by atomic mass is 10.1. The normalized spacial score (nSPS) is 15.8. The van der Waals surface area contributed by atoms with Crippen molar-refractivity contribution in [1.29, 1.82) is 0 Å². The number of hydrogen-bond acceptors (Lipinski definition) is 7. The molecule has 0 atom stereocenters. The largest absolute Gasteiger partial charge is 0.489 e. The van der Waals surface area contributed by atoms with Crippen LogP contribution in [0.1, 0.15) is 46.4 Å². The molecule has 0 radical (unpaired) electrons. The molecule has 2 heterocycles. The van der Waals surface area contributed by atoms with Gasteiger partial charge in [-0.05, 0) is 69.1 Å². The summed E-state index contributed by atoms with van der Waals surface area (Å²) in [6.07, 6.45) is 3.83. The molecule has 5 rings (SSSR count). The predicted molar refractivity (Wildman–Crippen MR) is 159 cm³/mol. The highest BCUT2D eigenvalue weighted by molar-refractivity contribution is 6.34. The quantitative estimate of drug-likeness (QED) is 0.243. The third-order valence-electron chi connectivity index (χ3n) is 7.53. The number of ether oxygens (including phenoxy) is 1. The van der Waals surface area contributed by atoms with E-state index in [-0.39, 0.29) is 33.8 Å². The van der Waals surface area contributed by atoms with E-state index in [4.69, 9.17) is 16.3 Å². The van der Waals surface area contributed by atoms with E-state index in [0.717, 1.165) is 75.7 Å². The number of hydrogen-bond donors (Lipinski definition) is 2. The van der Waals surface area contributed by atoms with Crippen LogP contribution in [0.5, 0.6) is 5.75 Å². The Labute approximate surface area is 247 Å². The molecule has 2 fully saturated rings. The fourth-order valence-electron chi connectivity index (χ4n) is 5.16. The lowest BCUT2D eigenvalue weighted by Crippen LogP contribution is -2.36. The van der Waals surface area contributed by atoms with Gasteiger partial charge in [0.25, 0.3) is 17.5 Å². The first-order valence-corrected chi connectivity index (χ1v) is 14.2. The molecule has 0 unspecified atom stereocenters. The van der Waals surface area contributed by atoms with Crippen molar-refractivity contribution in [3.05, 3.63) is 86.7 Å². The van der Waals surface area contributed by atoms with Crippen LogP contribution >= 0.6 is 11.6 Å². The summed E-state index contributed by atoms with van der Waals surface area (Å²) in [6, 6.07) is 12.5. The summed E-state index contributed by atoms with van der Waals surface area (Å²) in [5, 5.41) is 16.2. The Morgan fingerprint density at radius 3 is 2.29 bits per heavy atom. The molecule has 2 amide bonds. The number of carbonyl (C=O) groups is 2. The average molecular weight is 596 g/mol. The zero-order chi connectivity index (χ0) is 29.8. The van der Waals surface area contributed by atoms with Crippen LogP contribution in [0.3, 0.4) is 0 Å². The summed E-state index contributed by atoms with van der Waals surface area (Å²) in [7, 11) is 2.06. The molecular formula is C30H31ClFN5O5. The third-order valence-corrected chi connectivity index (χ3v) is 7.84. The highest BCUT2D eigenvalue weighted by Gasteiger charge is 2.24. The minimum atomic E-state index is -0.757. The summed E-state index contributed by atoms with van der Waals surface area (Å²) < 4.78 is 20.6. The fraction of sp³-hybridized carbons (Fsp3) is 0.333. The Bertz CT molecular complexity index is 1510. The molecule has 0 saturated carbocycles. The van der Waals surface area contributed by atoms with Gasteiger partial charge in [-0.25, -0.2) is 4.39 Å². The van der Waals surface area contributed by atoms with Crippen molar-refractivity contribution in [3.8, 4) is 5.75 Å². The Balaban J connectivity index is 1.40. The zero-order valence-corrected chi connectivity index (χ0v) is 23.8. The molecule has 10 nitrogen and oxygen atoms in total. The van der Waals surface area contributed by atoms with E-state index in [9.17, 15) is 24.1 Å². The van der Waals surface area contributed by atoms with E-state index in [2.05, 4.69) is 27.5 Å². The number of benzene rings is 3. The van der Waals surface area contributed by atoms with Crippen LogP contribution in [-0.4, -0.2) is 61.0 Å². The van der Waals surface area contributed by atoms with Crippen LogP contribution in [0, 0.1) is 15.9 Å². The first-order valence-electron chi connectivity index (χ1n) is 13.8. The zero-order valence-electron chi connectivity index (χ0n) is 23.1. The Morgan fingerprint density at radius 2 is 1.60 bits per heavy atom. The van der Waals surface area contributed by atoms with Crippen molar-refractivity contribution in [2.24, 2.45) is 0 Å². The van der Waals surface area contributed by atoms with Gasteiger partial charge in [-0.1, -0.05) is 11.6 Å². The van der Waals surface area contributed by atoms with Gasteiger partial charge in [-0.15, -0.1) is 0 Å². The number of piperidine rings is 1. The fourth-order valence-corrected chi connectivity index (χ4v) is 5.38. The van der Waals surface area contributed by atoms with Gasteiger partial charge in [-0.3, -0.25) is 19.7 Å². The van der Waals surface area contributed by atoms with E-state index in [0.29, 0.717) is 11.3 Å². The number of carbonyl (C=O) groups excluding carboxylic acids is 2. The molecule has 12 heteroatoms.